The Kier molecular flexibility index (Phi) is 39.3. The number of fused-ring (bicyclic) bond motifs is 2. The van der Waals surface area contributed by atoms with E-state index < -0.39 is 0 Å². The Balaban J connectivity index is -0.0000000650. The van der Waals surface area contributed by atoms with Gasteiger partial charge < -0.3 is 9.84 Å². The number of rotatable bonds is 4. The van der Waals surface area contributed by atoms with Crippen molar-refractivity contribution in [2.75, 3.05) is 0 Å². The first-order valence-electron chi connectivity index (χ1n) is 9.43. The van der Waals surface area contributed by atoms with Gasteiger partial charge in [-0.05, 0) is 61.6 Å². The molecule has 0 aromatic heterocycles. The number of hydrogen-bond acceptors (Lipinski definition) is 2. The summed E-state index contributed by atoms with van der Waals surface area (Å²) in [6.07, 6.45) is 7.12. The minimum atomic E-state index is -0.0215. The molecule has 0 spiro atoms. The molecule has 4 atom stereocenters. The van der Waals surface area contributed by atoms with Crippen molar-refractivity contribution in [1.82, 2.24) is 0 Å². The van der Waals surface area contributed by atoms with Crippen LogP contribution in [0.5, 0.6) is 11.5 Å². The van der Waals surface area contributed by atoms with Crippen LogP contribution in [-0.2, 0) is 6.42 Å². The number of benzene rings is 1. The summed E-state index contributed by atoms with van der Waals surface area (Å²) in [6, 6.07) is 4.22. The maximum absolute atomic E-state index is 10.7. The van der Waals surface area contributed by atoms with Gasteiger partial charge in [-0.2, -0.15) is 0 Å². The molecule has 1 aromatic carbocycles. The normalized spacial score (nSPS) is 22.9. The molecule has 0 radical (unpaired) electrons. The summed E-state index contributed by atoms with van der Waals surface area (Å²) in [4.78, 5) is 0. The second-order valence-corrected chi connectivity index (χ2v) is 8.87. The lowest BCUT2D eigenvalue weighted by Gasteiger charge is -2.62. The van der Waals surface area contributed by atoms with Gasteiger partial charge in [0.2, 0.25) is 0 Å². The highest BCUT2D eigenvalue weighted by Crippen LogP contribution is 2.74. The summed E-state index contributed by atoms with van der Waals surface area (Å²) < 4.78 is 6.51. The topological polar surface area (TPSA) is 29.5 Å². The van der Waals surface area contributed by atoms with E-state index in [0.29, 0.717) is 17.6 Å². The molecule has 2 nitrogen and oxygen atoms in total. The molecule has 0 saturated heterocycles. The number of phenols is 1. The zero-order chi connectivity index (χ0) is 16.4. The zero-order valence-electron chi connectivity index (χ0n) is 15.0. The van der Waals surface area contributed by atoms with Crippen molar-refractivity contribution in [3.8, 4) is 11.5 Å². The largest absolute Gasteiger partial charge is 0.508 e. The smallest absolute Gasteiger partial charge is 0.127 e. The van der Waals surface area contributed by atoms with E-state index in [4.69, 9.17) is 4.74 Å². The van der Waals surface area contributed by atoms with E-state index in [1.54, 1.807) is 0 Å². The molecular weight excluding hydrogens is 440 g/mol. The molecule has 36 heavy (non-hydrogen) atoms. The summed E-state index contributed by atoms with van der Waals surface area (Å²) in [5.41, 5.74) is 2.58. The maximum atomic E-state index is 10.7. The highest BCUT2D eigenvalue weighted by molar-refractivity contribution is 5.55. The van der Waals surface area contributed by atoms with Crippen molar-refractivity contribution >= 4 is 0 Å². The Hall–Kier alpha value is -1.18. The Morgan fingerprint density at radius 3 is 1.78 bits per heavy atom. The van der Waals surface area contributed by atoms with Crippen LogP contribution in [0.25, 0.3) is 0 Å². The van der Waals surface area contributed by atoms with Gasteiger partial charge in [-0.1, -0.05) is 130 Å². The van der Waals surface area contributed by atoms with Gasteiger partial charge in [-0.25, -0.2) is 0 Å². The third-order valence-corrected chi connectivity index (χ3v) is 7.11. The molecule has 1 aliphatic heterocycles. The second kappa shape index (κ2) is 21.9. The van der Waals surface area contributed by atoms with Gasteiger partial charge >= 0.3 is 0 Å². The van der Waals surface area contributed by atoms with E-state index in [2.05, 4.69) is 33.8 Å². The molecular formula is C34H82O2. The molecule has 1 heterocycles. The molecule has 4 unspecified atom stereocenters. The number of aryl methyl sites for hydroxylation is 1. The predicted octanol–water partition coefficient (Wildman–Crippen LogP) is 13.7. The monoisotopic (exact) mass is 523 g/mol. The minimum Gasteiger partial charge on any atom is -0.508 e. The standard InChI is InChI=1S/C21H30O2.13CH4/c1-5-6-7-8-13-11-15(22)17-16(12-13)23-21(4)10-9-14-18(21)19(17)20(14,2)3;;;;;;;;;;;;;/h11-12,14,18-19,22H,5-10H2,1-4H3;13*1H4. The Morgan fingerprint density at radius 2 is 1.31 bits per heavy atom. The average molecular weight is 523 g/mol. The van der Waals surface area contributed by atoms with E-state index in [9.17, 15) is 5.11 Å². The number of aromatic hydroxyl groups is 1. The maximum Gasteiger partial charge on any atom is 0.127 e. The third kappa shape index (κ3) is 8.98. The first-order valence-corrected chi connectivity index (χ1v) is 9.43. The van der Waals surface area contributed by atoms with E-state index in [0.717, 1.165) is 30.1 Å². The molecule has 2 fully saturated rings. The molecule has 2 saturated carbocycles. The number of hydrogen-bond donors (Lipinski definition) is 1. The SMILES string of the molecule is C.C.C.C.C.C.C.C.C.C.C.C.C.CCCCCc1cc(O)c2c(c1)OC1(C)CCC3C1C2C3(C)C. The first-order chi connectivity index (χ1) is 10.9. The lowest BCUT2D eigenvalue weighted by Crippen LogP contribution is -2.59. The molecule has 0 amide bonds. The molecule has 0 bridgehead atoms. The van der Waals surface area contributed by atoms with E-state index in [1.807, 2.05) is 6.07 Å². The van der Waals surface area contributed by atoms with E-state index >= 15 is 0 Å². The van der Waals surface area contributed by atoms with Crippen LogP contribution in [0.1, 0.15) is 173 Å². The van der Waals surface area contributed by atoms with Gasteiger partial charge in [0, 0.05) is 17.4 Å². The van der Waals surface area contributed by atoms with Crippen LogP contribution < -0.4 is 4.74 Å². The van der Waals surface area contributed by atoms with E-state index in [1.165, 1.54) is 31.2 Å². The number of unbranched alkanes of at least 4 members (excludes halogenated alkanes) is 2. The number of phenolic OH excluding ortho intramolecular Hbond substituents is 1. The van der Waals surface area contributed by atoms with Crippen LogP contribution in [-0.4, -0.2) is 10.7 Å². The van der Waals surface area contributed by atoms with E-state index in [-0.39, 0.29) is 108 Å². The second-order valence-electron chi connectivity index (χ2n) is 8.87. The van der Waals surface area contributed by atoms with Gasteiger partial charge in [0.15, 0.2) is 0 Å². The van der Waals surface area contributed by atoms with Gasteiger partial charge in [-0.15, -0.1) is 0 Å². The van der Waals surface area contributed by atoms with Crippen LogP contribution >= 0.6 is 0 Å². The Labute approximate surface area is 236 Å². The summed E-state index contributed by atoms with van der Waals surface area (Å²) >= 11 is 0. The quantitative estimate of drug-likeness (QED) is 0.398. The summed E-state index contributed by atoms with van der Waals surface area (Å²) in [6.45, 7) is 9.29. The van der Waals surface area contributed by atoms with Crippen molar-refractivity contribution < 1.29 is 9.84 Å². The van der Waals surface area contributed by atoms with Gasteiger partial charge in [0.1, 0.15) is 17.1 Å². The molecule has 3 aliphatic rings. The van der Waals surface area contributed by atoms with Crippen LogP contribution in [0.3, 0.4) is 0 Å². The van der Waals surface area contributed by atoms with Gasteiger partial charge in [0.05, 0.1) is 0 Å². The fourth-order valence-electron chi connectivity index (χ4n) is 5.92. The predicted molar refractivity (Wildman–Crippen MR) is 181 cm³/mol. The highest BCUT2D eigenvalue weighted by Gasteiger charge is 2.69. The molecule has 230 valence electrons. The Morgan fingerprint density at radius 1 is 0.806 bits per heavy atom. The molecule has 1 aromatic rings. The minimum absolute atomic E-state index is 0. The van der Waals surface area contributed by atoms with Gasteiger partial charge in [-0.3, -0.25) is 0 Å². The average Bonchev–Trinajstić information content (AvgIpc) is 2.81. The lowest BCUT2D eigenvalue weighted by molar-refractivity contribution is -0.121. The third-order valence-electron chi connectivity index (χ3n) is 7.11. The summed E-state index contributed by atoms with van der Waals surface area (Å²) in [5.74, 6) is 3.22. The summed E-state index contributed by atoms with van der Waals surface area (Å²) in [5, 5.41) is 10.7. The highest BCUT2D eigenvalue weighted by atomic mass is 16.5. The molecule has 4 rings (SSSR count). The summed E-state index contributed by atoms with van der Waals surface area (Å²) in [7, 11) is 0. The molecule has 1 N–H and O–H groups in total. The van der Waals surface area contributed by atoms with Crippen molar-refractivity contribution in [3.05, 3.63) is 23.3 Å². The van der Waals surface area contributed by atoms with Gasteiger partial charge in [0.25, 0.3) is 0 Å². The van der Waals surface area contributed by atoms with Crippen molar-refractivity contribution in [1.29, 1.82) is 0 Å². The molecule has 2 aliphatic carbocycles. The number of ether oxygens (including phenoxy) is 1. The lowest BCUT2D eigenvalue weighted by atomic mass is 9.45. The molecule has 2 heteroatoms. The van der Waals surface area contributed by atoms with Crippen LogP contribution in [0.4, 0.5) is 0 Å². The fourth-order valence-corrected chi connectivity index (χ4v) is 5.92. The van der Waals surface area contributed by atoms with Crippen molar-refractivity contribution in [2.45, 2.75) is 174 Å². The van der Waals surface area contributed by atoms with Crippen LogP contribution in [0, 0.1) is 17.3 Å². The van der Waals surface area contributed by atoms with Crippen molar-refractivity contribution in [3.63, 3.8) is 0 Å². The zero-order valence-corrected chi connectivity index (χ0v) is 15.0. The first kappa shape index (κ1) is 64.7. The Bertz CT molecular complexity index is 634. The van der Waals surface area contributed by atoms with Crippen molar-refractivity contribution in [2.24, 2.45) is 17.3 Å². The van der Waals surface area contributed by atoms with Crippen LogP contribution in [0.2, 0.25) is 0 Å². The fraction of sp³-hybridized carbons (Fsp3) is 0.824. The van der Waals surface area contributed by atoms with Crippen LogP contribution in [0.15, 0.2) is 12.1 Å².